The lowest BCUT2D eigenvalue weighted by Crippen LogP contribution is -2.05. The molecule has 2 aromatic carbocycles. The molecule has 3 heteroatoms. The molecule has 0 unspecified atom stereocenters. The molecule has 0 saturated heterocycles. The van der Waals surface area contributed by atoms with Crippen molar-refractivity contribution in [2.24, 2.45) is 0 Å². The molecule has 0 heterocycles. The van der Waals surface area contributed by atoms with Crippen LogP contribution in [0.15, 0.2) is 36.4 Å². The monoisotopic (exact) mass is 270 g/mol. The third kappa shape index (κ3) is 2.99. The van der Waals surface area contributed by atoms with E-state index in [1.165, 1.54) is 0 Å². The van der Waals surface area contributed by atoms with Gasteiger partial charge >= 0.3 is 5.97 Å². The highest BCUT2D eigenvalue weighted by molar-refractivity contribution is 5.90. The average Bonchev–Trinajstić information content (AvgIpc) is 2.37. The number of carbonyl (C=O) groups is 1. The van der Waals surface area contributed by atoms with E-state index in [2.05, 4.69) is 0 Å². The summed E-state index contributed by atoms with van der Waals surface area (Å²) in [6.45, 7) is 6.35. The highest BCUT2D eigenvalue weighted by atomic mass is 16.5. The summed E-state index contributed by atoms with van der Waals surface area (Å²) in [6.07, 6.45) is 0. The van der Waals surface area contributed by atoms with E-state index in [1.54, 1.807) is 18.2 Å². The van der Waals surface area contributed by atoms with Gasteiger partial charge in [0.1, 0.15) is 17.9 Å². The van der Waals surface area contributed by atoms with Gasteiger partial charge < -0.3 is 9.84 Å². The predicted molar refractivity (Wildman–Crippen MR) is 78.4 cm³/mol. The molecule has 104 valence electrons. The maximum absolute atomic E-state index is 11.2. The summed E-state index contributed by atoms with van der Waals surface area (Å²) >= 11 is 0. The smallest absolute Gasteiger partial charge is 0.339 e. The molecule has 2 aromatic rings. The molecule has 0 atom stereocenters. The molecule has 0 amide bonds. The molecule has 0 aliphatic heterocycles. The van der Waals surface area contributed by atoms with Crippen molar-refractivity contribution >= 4 is 5.97 Å². The molecule has 0 aliphatic carbocycles. The Hall–Kier alpha value is -2.29. The number of benzene rings is 2. The van der Waals surface area contributed by atoms with Crippen LogP contribution in [-0.2, 0) is 6.61 Å². The van der Waals surface area contributed by atoms with E-state index in [9.17, 15) is 9.90 Å². The van der Waals surface area contributed by atoms with Gasteiger partial charge in [-0.1, -0.05) is 24.3 Å². The summed E-state index contributed by atoms with van der Waals surface area (Å²) in [5.74, 6) is -0.554. The second-order valence-electron chi connectivity index (χ2n) is 4.96. The summed E-state index contributed by atoms with van der Waals surface area (Å²) in [4.78, 5) is 11.2. The lowest BCUT2D eigenvalue weighted by Gasteiger charge is -2.13. The van der Waals surface area contributed by atoms with Gasteiger partial charge in [0.05, 0.1) is 0 Å². The molecule has 1 N–H and O–H groups in total. The van der Waals surface area contributed by atoms with Gasteiger partial charge in [-0.2, -0.15) is 0 Å². The zero-order valence-electron chi connectivity index (χ0n) is 11.9. The van der Waals surface area contributed by atoms with Crippen molar-refractivity contribution in [3.8, 4) is 5.75 Å². The number of carboxylic acid groups (broad SMARTS) is 1. The van der Waals surface area contributed by atoms with Crippen molar-refractivity contribution in [3.05, 3.63) is 64.2 Å². The van der Waals surface area contributed by atoms with Crippen molar-refractivity contribution in [1.82, 2.24) is 0 Å². The number of aryl methyl sites for hydroxylation is 3. The summed E-state index contributed by atoms with van der Waals surface area (Å²) in [5, 5.41) is 9.18. The minimum absolute atomic E-state index is 0.196. The Balaban J connectivity index is 2.27. The molecule has 0 aromatic heterocycles. The van der Waals surface area contributed by atoms with E-state index in [0.29, 0.717) is 12.4 Å². The maximum atomic E-state index is 11.2. The number of carboxylic acids is 1. The van der Waals surface area contributed by atoms with Crippen LogP contribution in [0, 0.1) is 20.8 Å². The molecule has 0 spiro atoms. The third-order valence-corrected chi connectivity index (χ3v) is 3.38. The van der Waals surface area contributed by atoms with E-state index in [1.807, 2.05) is 39.0 Å². The standard InChI is InChI=1S/C17H18O3/c1-11-7-8-14(17(18)19)16(9-11)20-10-15-12(2)5-4-6-13(15)3/h4-9H,10H2,1-3H3,(H,18,19). The lowest BCUT2D eigenvalue weighted by atomic mass is 10.0. The Kier molecular flexibility index (Phi) is 4.08. The van der Waals surface area contributed by atoms with Crippen molar-refractivity contribution in [1.29, 1.82) is 0 Å². The second kappa shape index (κ2) is 5.78. The Morgan fingerprint density at radius 2 is 1.75 bits per heavy atom. The van der Waals surface area contributed by atoms with Crippen LogP contribution in [0.2, 0.25) is 0 Å². The van der Waals surface area contributed by atoms with Crippen LogP contribution in [0.25, 0.3) is 0 Å². The van der Waals surface area contributed by atoms with Crippen LogP contribution >= 0.6 is 0 Å². The fourth-order valence-corrected chi connectivity index (χ4v) is 2.15. The number of aromatic carboxylic acids is 1. The normalized spacial score (nSPS) is 10.3. The van der Waals surface area contributed by atoms with Gasteiger partial charge in [-0.25, -0.2) is 4.79 Å². The van der Waals surface area contributed by atoms with Gasteiger partial charge in [0.25, 0.3) is 0 Å². The first-order chi connectivity index (χ1) is 9.49. The first-order valence-corrected chi connectivity index (χ1v) is 6.51. The Morgan fingerprint density at radius 1 is 1.10 bits per heavy atom. The second-order valence-corrected chi connectivity index (χ2v) is 4.96. The molecule has 0 saturated carbocycles. The van der Waals surface area contributed by atoms with Crippen molar-refractivity contribution in [3.63, 3.8) is 0 Å². The van der Waals surface area contributed by atoms with Gasteiger partial charge in [-0.05, 0) is 55.2 Å². The zero-order chi connectivity index (χ0) is 14.7. The fraction of sp³-hybridized carbons (Fsp3) is 0.235. The molecule has 0 radical (unpaired) electrons. The van der Waals surface area contributed by atoms with Gasteiger partial charge in [-0.15, -0.1) is 0 Å². The van der Waals surface area contributed by atoms with Crippen LogP contribution in [0.1, 0.15) is 32.6 Å². The van der Waals surface area contributed by atoms with Crippen LogP contribution in [0.4, 0.5) is 0 Å². The molecule has 20 heavy (non-hydrogen) atoms. The van der Waals surface area contributed by atoms with Crippen LogP contribution in [0.3, 0.4) is 0 Å². The molecule has 3 nitrogen and oxygen atoms in total. The average molecular weight is 270 g/mol. The highest BCUT2D eigenvalue weighted by Crippen LogP contribution is 2.23. The topological polar surface area (TPSA) is 46.5 Å². The Labute approximate surface area is 118 Å². The highest BCUT2D eigenvalue weighted by Gasteiger charge is 2.12. The van der Waals surface area contributed by atoms with Crippen molar-refractivity contribution in [2.45, 2.75) is 27.4 Å². The lowest BCUT2D eigenvalue weighted by molar-refractivity contribution is 0.0692. The van der Waals surface area contributed by atoms with Crippen LogP contribution in [-0.4, -0.2) is 11.1 Å². The van der Waals surface area contributed by atoms with Gasteiger partial charge in [0.2, 0.25) is 0 Å². The van der Waals surface area contributed by atoms with Gasteiger partial charge in [-0.3, -0.25) is 0 Å². The Bertz CT molecular complexity index is 624. The summed E-state index contributed by atoms with van der Waals surface area (Å²) in [5.41, 5.74) is 4.57. The van der Waals surface area contributed by atoms with Crippen molar-refractivity contribution < 1.29 is 14.6 Å². The van der Waals surface area contributed by atoms with Crippen molar-refractivity contribution in [2.75, 3.05) is 0 Å². The first kappa shape index (κ1) is 14.1. The first-order valence-electron chi connectivity index (χ1n) is 6.51. The maximum Gasteiger partial charge on any atom is 0.339 e. The number of hydrogen-bond donors (Lipinski definition) is 1. The molecule has 0 bridgehead atoms. The minimum atomic E-state index is -0.971. The van der Waals surface area contributed by atoms with Gasteiger partial charge in [0, 0.05) is 0 Å². The molecule has 2 rings (SSSR count). The summed E-state index contributed by atoms with van der Waals surface area (Å²) < 4.78 is 5.75. The van der Waals surface area contributed by atoms with Crippen LogP contribution in [0.5, 0.6) is 5.75 Å². The summed E-state index contributed by atoms with van der Waals surface area (Å²) in [6, 6.07) is 11.2. The molecular formula is C17H18O3. The third-order valence-electron chi connectivity index (χ3n) is 3.38. The number of hydrogen-bond acceptors (Lipinski definition) is 2. The predicted octanol–water partition coefficient (Wildman–Crippen LogP) is 3.89. The SMILES string of the molecule is Cc1ccc(C(=O)O)c(OCc2c(C)cccc2C)c1. The Morgan fingerprint density at radius 3 is 2.35 bits per heavy atom. The van der Waals surface area contributed by atoms with Gasteiger partial charge in [0.15, 0.2) is 0 Å². The number of ether oxygens (including phenoxy) is 1. The minimum Gasteiger partial charge on any atom is -0.488 e. The van der Waals surface area contributed by atoms with E-state index in [0.717, 1.165) is 22.3 Å². The largest absolute Gasteiger partial charge is 0.488 e. The fourth-order valence-electron chi connectivity index (χ4n) is 2.15. The molecule has 0 aliphatic rings. The molecular weight excluding hydrogens is 252 g/mol. The zero-order valence-corrected chi connectivity index (χ0v) is 11.9. The van der Waals surface area contributed by atoms with E-state index < -0.39 is 5.97 Å². The van der Waals surface area contributed by atoms with E-state index in [-0.39, 0.29) is 5.56 Å². The summed E-state index contributed by atoms with van der Waals surface area (Å²) in [7, 11) is 0. The van der Waals surface area contributed by atoms with E-state index >= 15 is 0 Å². The van der Waals surface area contributed by atoms with E-state index in [4.69, 9.17) is 4.74 Å². The number of rotatable bonds is 4. The van der Waals surface area contributed by atoms with Crippen LogP contribution < -0.4 is 4.74 Å². The molecule has 0 fully saturated rings. The quantitative estimate of drug-likeness (QED) is 0.916.